The number of carbonyl (C=O) groups is 1. The van der Waals surface area contributed by atoms with Gasteiger partial charge in [0.25, 0.3) is 0 Å². The van der Waals surface area contributed by atoms with Crippen LogP contribution in [0.5, 0.6) is 0 Å². The van der Waals surface area contributed by atoms with E-state index in [1.165, 1.54) is 17.8 Å². The molecule has 0 aliphatic heterocycles. The molecule has 1 aromatic carbocycles. The second kappa shape index (κ2) is 8.67. The van der Waals surface area contributed by atoms with Crippen LogP contribution in [0.25, 0.3) is 0 Å². The maximum atomic E-state index is 14.6. The smallest absolute Gasteiger partial charge is 0.185 e. The minimum absolute atomic E-state index is 0.107. The first-order valence-electron chi connectivity index (χ1n) is 8.72. The van der Waals surface area contributed by atoms with Crippen molar-refractivity contribution in [2.24, 2.45) is 11.5 Å². The van der Waals surface area contributed by atoms with E-state index in [-0.39, 0.29) is 18.0 Å². The molecular weight excluding hydrogens is 361 g/mol. The Labute approximate surface area is 164 Å². The van der Waals surface area contributed by atoms with E-state index in [0.29, 0.717) is 34.0 Å². The Kier molecular flexibility index (Phi) is 6.78. The van der Waals surface area contributed by atoms with Crippen molar-refractivity contribution < 1.29 is 9.18 Å². The van der Waals surface area contributed by atoms with E-state index >= 15 is 0 Å². The third kappa shape index (κ3) is 5.40. The zero-order valence-electron chi connectivity index (χ0n) is 16.0. The van der Waals surface area contributed by atoms with E-state index in [2.05, 4.69) is 11.6 Å². The molecule has 1 heterocycles. The first-order valence-corrected chi connectivity index (χ1v) is 9.70. The molecule has 0 bridgehead atoms. The predicted molar refractivity (Wildman–Crippen MR) is 110 cm³/mol. The van der Waals surface area contributed by atoms with Crippen LogP contribution in [-0.2, 0) is 12.0 Å². The number of rotatable bonds is 8. The van der Waals surface area contributed by atoms with Crippen LogP contribution in [0.3, 0.4) is 0 Å². The van der Waals surface area contributed by atoms with Crippen molar-refractivity contribution in [2.75, 3.05) is 5.75 Å². The fourth-order valence-electron chi connectivity index (χ4n) is 3.03. The average molecular weight is 388 g/mol. The topological polar surface area (TPSA) is 82.0 Å². The first kappa shape index (κ1) is 21.1. The predicted octanol–water partition coefficient (Wildman–Crippen LogP) is 3.99. The van der Waals surface area contributed by atoms with Crippen molar-refractivity contribution in [1.82, 2.24) is 4.98 Å². The minimum atomic E-state index is -0.877. The van der Waals surface area contributed by atoms with Crippen LogP contribution in [0.2, 0.25) is 0 Å². The highest BCUT2D eigenvalue weighted by atomic mass is 32.2. The van der Waals surface area contributed by atoms with E-state index < -0.39 is 5.54 Å². The lowest BCUT2D eigenvalue weighted by molar-refractivity contribution is 0.0988. The second-order valence-electron chi connectivity index (χ2n) is 7.01. The molecule has 1 unspecified atom stereocenters. The van der Waals surface area contributed by atoms with Gasteiger partial charge in [-0.2, -0.15) is 0 Å². The highest BCUT2D eigenvalue weighted by Crippen LogP contribution is 2.31. The molecule has 0 radical (unpaired) electrons. The summed E-state index contributed by atoms with van der Waals surface area (Å²) >= 11 is 1.40. The fraction of sp³-hybridized carbons (Fsp3) is 0.333. The van der Waals surface area contributed by atoms with E-state index in [0.717, 1.165) is 11.1 Å². The van der Waals surface area contributed by atoms with Gasteiger partial charge in [-0.15, -0.1) is 11.8 Å². The third-order valence-corrected chi connectivity index (χ3v) is 5.33. The molecule has 0 aliphatic carbocycles. The van der Waals surface area contributed by atoms with Crippen LogP contribution in [0.4, 0.5) is 4.39 Å². The molecular formula is C21H26FN3OS. The molecule has 4 nitrogen and oxygen atoms in total. The molecule has 0 amide bonds. The second-order valence-corrected chi connectivity index (χ2v) is 8.23. The lowest BCUT2D eigenvalue weighted by Crippen LogP contribution is -2.36. The van der Waals surface area contributed by atoms with Crippen molar-refractivity contribution in [3.8, 4) is 0 Å². The van der Waals surface area contributed by atoms with Crippen LogP contribution >= 0.6 is 11.8 Å². The largest absolute Gasteiger partial charge is 0.394 e. The van der Waals surface area contributed by atoms with Crippen LogP contribution in [0, 0.1) is 19.7 Å². The zero-order chi connectivity index (χ0) is 20.2. The summed E-state index contributed by atoms with van der Waals surface area (Å²) in [5.74, 6) is 0.167. The van der Waals surface area contributed by atoms with Gasteiger partial charge in [-0.1, -0.05) is 18.7 Å². The molecule has 0 fully saturated rings. The number of benzene rings is 1. The number of carbonyl (C=O) groups excluding carboxylic acids is 1. The highest BCUT2D eigenvalue weighted by molar-refractivity contribution is 8.02. The van der Waals surface area contributed by atoms with Crippen LogP contribution in [0.1, 0.15) is 46.1 Å². The monoisotopic (exact) mass is 387 g/mol. The van der Waals surface area contributed by atoms with Crippen LogP contribution in [-0.4, -0.2) is 16.5 Å². The van der Waals surface area contributed by atoms with Crippen molar-refractivity contribution in [2.45, 2.75) is 39.2 Å². The minimum Gasteiger partial charge on any atom is -0.394 e. The molecule has 2 rings (SSSR count). The summed E-state index contributed by atoms with van der Waals surface area (Å²) in [5.41, 5.74) is 14.4. The summed E-state index contributed by atoms with van der Waals surface area (Å²) in [6.07, 6.45) is 2.35. The van der Waals surface area contributed by atoms with Gasteiger partial charge in [-0.3, -0.25) is 9.78 Å². The summed E-state index contributed by atoms with van der Waals surface area (Å²) in [6.45, 7) is 9.17. The number of halogens is 1. The molecule has 0 saturated heterocycles. The Morgan fingerprint density at radius 3 is 2.59 bits per heavy atom. The Bertz CT molecular complexity index is 847. The van der Waals surface area contributed by atoms with Crippen LogP contribution < -0.4 is 11.5 Å². The van der Waals surface area contributed by atoms with E-state index in [1.807, 2.05) is 19.9 Å². The maximum absolute atomic E-state index is 14.6. The molecule has 0 aliphatic rings. The van der Waals surface area contributed by atoms with Crippen molar-refractivity contribution >= 4 is 17.5 Å². The molecule has 4 N–H and O–H groups in total. The van der Waals surface area contributed by atoms with Gasteiger partial charge < -0.3 is 11.5 Å². The summed E-state index contributed by atoms with van der Waals surface area (Å²) in [5, 5.41) is 0.507. The summed E-state index contributed by atoms with van der Waals surface area (Å²) in [6, 6.07) is 6.59. The summed E-state index contributed by atoms with van der Waals surface area (Å²) in [7, 11) is 0. The average Bonchev–Trinajstić information content (AvgIpc) is 2.57. The number of Topliss-reactive ketones (excluding diaryl/α,β-unsaturated/α-hetero) is 1. The first-order chi connectivity index (χ1) is 12.6. The normalized spacial score (nSPS) is 13.2. The molecule has 6 heteroatoms. The van der Waals surface area contributed by atoms with Gasteiger partial charge >= 0.3 is 0 Å². The number of ketones is 1. The van der Waals surface area contributed by atoms with Gasteiger partial charge in [-0.25, -0.2) is 4.39 Å². The number of thioether (sulfide) groups is 1. The molecule has 2 aromatic rings. The SMILES string of the molecule is C=C(N)SCCC(C)(N)c1c(F)ccc(CC(=O)c2ccc(C)cn2)c1C. The third-order valence-electron chi connectivity index (χ3n) is 4.55. The number of pyridine rings is 1. The zero-order valence-corrected chi connectivity index (χ0v) is 16.8. The number of nitrogens with two attached hydrogens (primary N) is 2. The van der Waals surface area contributed by atoms with Gasteiger partial charge in [0.15, 0.2) is 5.78 Å². The summed E-state index contributed by atoms with van der Waals surface area (Å²) in [4.78, 5) is 16.7. The Morgan fingerprint density at radius 1 is 1.30 bits per heavy atom. The number of hydrogen-bond acceptors (Lipinski definition) is 5. The number of aryl methyl sites for hydroxylation is 1. The van der Waals surface area contributed by atoms with Crippen molar-refractivity contribution in [3.63, 3.8) is 0 Å². The lowest BCUT2D eigenvalue weighted by atomic mass is 9.84. The van der Waals surface area contributed by atoms with E-state index in [1.54, 1.807) is 25.3 Å². The van der Waals surface area contributed by atoms with Crippen molar-refractivity contribution in [3.05, 3.63) is 75.8 Å². The fourth-order valence-corrected chi connectivity index (χ4v) is 3.82. The quantitative estimate of drug-likeness (QED) is 0.669. The number of aromatic nitrogens is 1. The molecule has 144 valence electrons. The standard InChI is InChI=1S/C21H26FN3OS/c1-13-5-8-18(25-12-13)19(26)11-16-6-7-17(22)20(14(16)2)21(4,24)9-10-27-15(3)23/h5-8,12H,3,9-11,23-24H2,1-2,4H3. The Hall–Kier alpha value is -2.18. The number of nitrogens with zero attached hydrogens (tertiary/aromatic N) is 1. The molecule has 1 aromatic heterocycles. The molecule has 27 heavy (non-hydrogen) atoms. The number of hydrogen-bond donors (Lipinski definition) is 2. The van der Waals surface area contributed by atoms with Crippen molar-refractivity contribution in [1.29, 1.82) is 0 Å². The maximum Gasteiger partial charge on any atom is 0.185 e. The summed E-state index contributed by atoms with van der Waals surface area (Å²) < 4.78 is 14.6. The molecule has 0 spiro atoms. The Balaban J connectivity index is 2.27. The van der Waals surface area contributed by atoms with E-state index in [9.17, 15) is 9.18 Å². The lowest BCUT2D eigenvalue weighted by Gasteiger charge is -2.28. The van der Waals surface area contributed by atoms with Gasteiger partial charge in [-0.05, 0) is 56.0 Å². The van der Waals surface area contributed by atoms with Gasteiger partial charge in [0, 0.05) is 29.5 Å². The highest BCUT2D eigenvalue weighted by Gasteiger charge is 2.28. The molecule has 0 saturated carbocycles. The van der Waals surface area contributed by atoms with Gasteiger partial charge in [0.05, 0.1) is 5.03 Å². The molecule has 1 atom stereocenters. The Morgan fingerprint density at radius 2 is 2.00 bits per heavy atom. The van der Waals surface area contributed by atoms with Gasteiger partial charge in [0.1, 0.15) is 11.5 Å². The van der Waals surface area contributed by atoms with Gasteiger partial charge in [0.2, 0.25) is 0 Å². The van der Waals surface area contributed by atoms with E-state index in [4.69, 9.17) is 11.5 Å². The van der Waals surface area contributed by atoms with Crippen LogP contribution in [0.15, 0.2) is 42.1 Å².